The van der Waals surface area contributed by atoms with Gasteiger partial charge in [0, 0.05) is 13.0 Å². The molecule has 0 radical (unpaired) electrons. The van der Waals surface area contributed by atoms with Crippen LogP contribution in [0.1, 0.15) is 22.8 Å². The Balaban J connectivity index is 1.88. The maximum Gasteiger partial charge on any atom is 0.227 e. The Morgan fingerprint density at radius 1 is 1.33 bits per heavy atom. The number of nitrogens with zero attached hydrogens (tertiary/aromatic N) is 3. The molecule has 0 atom stereocenters. The summed E-state index contributed by atoms with van der Waals surface area (Å²) < 4.78 is 31.2. The largest absolute Gasteiger partial charge is 0.339 e. The third kappa shape index (κ3) is 4.66. The van der Waals surface area contributed by atoms with Crippen molar-refractivity contribution in [3.05, 3.63) is 47.1 Å². The number of hydrogen-bond donors (Lipinski definition) is 1. The summed E-state index contributed by atoms with van der Waals surface area (Å²) >= 11 is 0. The second-order valence-electron chi connectivity index (χ2n) is 4.45. The van der Waals surface area contributed by atoms with Gasteiger partial charge in [0.05, 0.1) is 17.4 Å². The Hall–Kier alpha value is -2.24. The van der Waals surface area contributed by atoms with Crippen LogP contribution in [-0.4, -0.2) is 25.1 Å². The molecule has 0 fully saturated rings. The molecule has 0 spiro atoms. The second kappa shape index (κ2) is 6.47. The van der Waals surface area contributed by atoms with E-state index in [-0.39, 0.29) is 12.3 Å². The van der Waals surface area contributed by atoms with Gasteiger partial charge in [0.2, 0.25) is 15.9 Å². The zero-order chi connectivity index (χ0) is 15.3. The van der Waals surface area contributed by atoms with Crippen molar-refractivity contribution in [3.63, 3.8) is 0 Å². The Kier molecular flexibility index (Phi) is 4.67. The van der Waals surface area contributed by atoms with Gasteiger partial charge in [0.15, 0.2) is 5.82 Å². The molecule has 2 rings (SSSR count). The molecule has 0 saturated carbocycles. The minimum atomic E-state index is -3.44. The fourth-order valence-corrected chi connectivity index (χ4v) is 2.85. The van der Waals surface area contributed by atoms with Gasteiger partial charge in [-0.15, -0.1) is 0 Å². The number of nitriles is 1. The summed E-state index contributed by atoms with van der Waals surface area (Å²) in [5.74, 6) is 0.778. The quantitative estimate of drug-likeness (QED) is 0.849. The summed E-state index contributed by atoms with van der Waals surface area (Å²) in [4.78, 5) is 3.99. The fraction of sp³-hybridized carbons (Fsp3) is 0.308. The van der Waals surface area contributed by atoms with Crippen LogP contribution in [0.4, 0.5) is 0 Å². The summed E-state index contributed by atoms with van der Waals surface area (Å²) in [5, 5.41) is 12.3. The summed E-state index contributed by atoms with van der Waals surface area (Å²) in [6.07, 6.45) is 0.341. The van der Waals surface area contributed by atoms with Gasteiger partial charge in [0.1, 0.15) is 0 Å². The monoisotopic (exact) mass is 306 g/mol. The summed E-state index contributed by atoms with van der Waals surface area (Å²) in [6.45, 7) is 1.89. The smallest absolute Gasteiger partial charge is 0.227 e. The molecule has 2 aromatic rings. The van der Waals surface area contributed by atoms with Crippen LogP contribution in [0.5, 0.6) is 0 Å². The highest BCUT2D eigenvalue weighted by Gasteiger charge is 2.12. The van der Waals surface area contributed by atoms with E-state index in [1.54, 1.807) is 31.2 Å². The zero-order valence-corrected chi connectivity index (χ0v) is 12.2. The number of aromatic nitrogens is 2. The van der Waals surface area contributed by atoms with E-state index in [2.05, 4.69) is 14.9 Å². The molecule has 0 aliphatic rings. The van der Waals surface area contributed by atoms with E-state index < -0.39 is 10.0 Å². The molecule has 0 aliphatic carbocycles. The first-order chi connectivity index (χ1) is 9.98. The van der Waals surface area contributed by atoms with Crippen LogP contribution in [0.2, 0.25) is 0 Å². The maximum atomic E-state index is 11.9. The van der Waals surface area contributed by atoms with Gasteiger partial charge >= 0.3 is 0 Å². The average Bonchev–Trinajstić information content (AvgIpc) is 2.84. The van der Waals surface area contributed by atoms with Crippen LogP contribution in [0, 0.1) is 18.3 Å². The summed E-state index contributed by atoms with van der Waals surface area (Å²) in [6, 6.07) is 8.41. The molecule has 1 aromatic heterocycles. The van der Waals surface area contributed by atoms with E-state index in [0.29, 0.717) is 29.3 Å². The van der Waals surface area contributed by atoms with E-state index >= 15 is 0 Å². The lowest BCUT2D eigenvalue weighted by molar-refractivity contribution is 0.375. The third-order valence-corrected chi connectivity index (χ3v) is 4.03. The highest BCUT2D eigenvalue weighted by atomic mass is 32.2. The molecule has 110 valence electrons. The molecular weight excluding hydrogens is 292 g/mol. The third-order valence-electron chi connectivity index (χ3n) is 2.67. The van der Waals surface area contributed by atoms with Crippen LogP contribution in [0.3, 0.4) is 0 Å². The molecule has 0 amide bonds. The molecule has 8 heteroatoms. The lowest BCUT2D eigenvalue weighted by atomic mass is 10.2. The van der Waals surface area contributed by atoms with Gasteiger partial charge in [-0.1, -0.05) is 17.3 Å². The van der Waals surface area contributed by atoms with Crippen molar-refractivity contribution < 1.29 is 12.9 Å². The molecule has 0 aliphatic heterocycles. The number of rotatable bonds is 6. The Morgan fingerprint density at radius 3 is 2.62 bits per heavy atom. The highest BCUT2D eigenvalue weighted by molar-refractivity contribution is 7.88. The van der Waals surface area contributed by atoms with Gasteiger partial charge in [-0.2, -0.15) is 10.2 Å². The van der Waals surface area contributed by atoms with Crippen molar-refractivity contribution in [1.29, 1.82) is 5.26 Å². The molecule has 21 heavy (non-hydrogen) atoms. The van der Waals surface area contributed by atoms with Crippen molar-refractivity contribution in [2.45, 2.75) is 19.1 Å². The molecule has 0 bridgehead atoms. The van der Waals surface area contributed by atoms with Gasteiger partial charge < -0.3 is 4.52 Å². The van der Waals surface area contributed by atoms with Crippen LogP contribution >= 0.6 is 0 Å². The lowest BCUT2D eigenvalue weighted by Crippen LogP contribution is -2.27. The molecule has 1 aromatic carbocycles. The maximum absolute atomic E-state index is 11.9. The molecule has 0 unspecified atom stereocenters. The number of nitrogens with one attached hydrogen (secondary N) is 1. The first-order valence-electron chi connectivity index (χ1n) is 6.24. The summed E-state index contributed by atoms with van der Waals surface area (Å²) in [5.41, 5.74) is 1.12. The fourth-order valence-electron chi connectivity index (χ4n) is 1.70. The Morgan fingerprint density at radius 2 is 2.05 bits per heavy atom. The standard InChI is InChI=1S/C13H14N4O3S/c1-10-16-13(20-17-10)6-7-15-21(18,19)9-12-4-2-11(8-14)3-5-12/h2-5,15H,6-7,9H2,1H3. The SMILES string of the molecule is Cc1noc(CCNS(=O)(=O)Cc2ccc(C#N)cc2)n1. The van der Waals surface area contributed by atoms with Crippen LogP contribution in [-0.2, 0) is 22.2 Å². The normalized spacial score (nSPS) is 11.2. The van der Waals surface area contributed by atoms with Crippen molar-refractivity contribution in [2.24, 2.45) is 0 Å². The van der Waals surface area contributed by atoms with E-state index in [1.807, 2.05) is 6.07 Å². The van der Waals surface area contributed by atoms with Crippen LogP contribution in [0.25, 0.3) is 0 Å². The minimum Gasteiger partial charge on any atom is -0.339 e. The van der Waals surface area contributed by atoms with Crippen molar-refractivity contribution in [3.8, 4) is 6.07 Å². The number of sulfonamides is 1. The van der Waals surface area contributed by atoms with Gasteiger partial charge in [0.25, 0.3) is 0 Å². The summed E-state index contributed by atoms with van der Waals surface area (Å²) in [7, 11) is -3.44. The molecular formula is C13H14N4O3S. The number of benzene rings is 1. The average molecular weight is 306 g/mol. The van der Waals surface area contributed by atoms with Gasteiger partial charge in [-0.3, -0.25) is 0 Å². The second-order valence-corrected chi connectivity index (χ2v) is 6.25. The van der Waals surface area contributed by atoms with E-state index in [9.17, 15) is 8.42 Å². The van der Waals surface area contributed by atoms with E-state index in [0.717, 1.165) is 0 Å². The predicted octanol–water partition coefficient (Wildman–Crippen LogP) is 0.912. The van der Waals surface area contributed by atoms with Crippen LogP contribution in [0.15, 0.2) is 28.8 Å². The first-order valence-corrected chi connectivity index (χ1v) is 7.89. The lowest BCUT2D eigenvalue weighted by Gasteiger charge is -2.05. The van der Waals surface area contributed by atoms with Gasteiger partial charge in [-0.05, 0) is 24.6 Å². The van der Waals surface area contributed by atoms with Crippen LogP contribution < -0.4 is 4.72 Å². The van der Waals surface area contributed by atoms with Crippen molar-refractivity contribution >= 4 is 10.0 Å². The predicted molar refractivity (Wildman–Crippen MR) is 74.5 cm³/mol. The molecule has 1 N–H and O–H groups in total. The van der Waals surface area contributed by atoms with Gasteiger partial charge in [-0.25, -0.2) is 13.1 Å². The minimum absolute atomic E-state index is 0.137. The zero-order valence-electron chi connectivity index (χ0n) is 11.4. The highest BCUT2D eigenvalue weighted by Crippen LogP contribution is 2.07. The van der Waals surface area contributed by atoms with E-state index in [4.69, 9.17) is 9.78 Å². The Bertz CT molecular complexity index is 744. The Labute approximate surface area is 122 Å². The van der Waals surface area contributed by atoms with Crippen molar-refractivity contribution in [1.82, 2.24) is 14.9 Å². The molecule has 0 saturated heterocycles. The first kappa shape index (κ1) is 15.2. The van der Waals surface area contributed by atoms with E-state index in [1.165, 1.54) is 0 Å². The number of aryl methyl sites for hydroxylation is 1. The number of hydrogen-bond acceptors (Lipinski definition) is 6. The topological polar surface area (TPSA) is 109 Å². The van der Waals surface area contributed by atoms with Crippen molar-refractivity contribution in [2.75, 3.05) is 6.54 Å². The molecule has 1 heterocycles. The molecule has 7 nitrogen and oxygen atoms in total.